The minimum absolute atomic E-state index is 0.0975. The van der Waals surface area contributed by atoms with E-state index in [9.17, 15) is 0 Å². The summed E-state index contributed by atoms with van der Waals surface area (Å²) < 4.78 is 1.88. The third-order valence-electron chi connectivity index (χ3n) is 4.64. The van der Waals surface area contributed by atoms with Gasteiger partial charge in [0.05, 0.1) is 19.0 Å². The molecule has 4 rings (SSSR count). The molecule has 1 fully saturated rings. The van der Waals surface area contributed by atoms with Crippen molar-refractivity contribution in [3.63, 3.8) is 0 Å². The highest BCUT2D eigenvalue weighted by atomic mass is 16.3. The molecule has 0 amide bonds. The number of aliphatic hydroxyl groups is 1. The summed E-state index contributed by atoms with van der Waals surface area (Å²) in [6.07, 6.45) is 3.61. The van der Waals surface area contributed by atoms with Gasteiger partial charge in [-0.3, -0.25) is 9.88 Å². The number of nitrogens with zero attached hydrogens (tertiary/aromatic N) is 6. The number of fused-ring (bicyclic) bond motifs is 1. The van der Waals surface area contributed by atoms with Crippen molar-refractivity contribution in [1.82, 2.24) is 24.5 Å². The molecule has 2 aromatic heterocycles. The molecule has 1 aromatic carbocycles. The Kier molecular flexibility index (Phi) is 4.33. The van der Waals surface area contributed by atoms with E-state index < -0.39 is 0 Å². The molecule has 0 saturated carbocycles. The number of piperazine rings is 1. The normalized spacial score (nSPS) is 15.8. The molecule has 1 saturated heterocycles. The van der Waals surface area contributed by atoms with Crippen molar-refractivity contribution in [2.24, 2.45) is 0 Å². The second-order valence-corrected chi connectivity index (χ2v) is 6.43. The van der Waals surface area contributed by atoms with Gasteiger partial charge >= 0.3 is 0 Å². The Morgan fingerprint density at radius 3 is 2.44 bits per heavy atom. The number of hydrogen-bond acceptors (Lipinski definition) is 6. The predicted molar refractivity (Wildman–Crippen MR) is 95.4 cm³/mol. The summed E-state index contributed by atoms with van der Waals surface area (Å²) in [6.45, 7) is 6.79. The predicted octanol–water partition coefficient (Wildman–Crippen LogP) is 1.25. The fraction of sp³-hybridized carbons (Fsp3) is 0.389. The first-order chi connectivity index (χ1) is 12.2. The lowest BCUT2D eigenvalue weighted by atomic mass is 10.1. The van der Waals surface area contributed by atoms with Gasteiger partial charge in [0.2, 0.25) is 0 Å². The van der Waals surface area contributed by atoms with Crippen molar-refractivity contribution in [2.45, 2.75) is 20.1 Å². The first-order valence-corrected chi connectivity index (χ1v) is 8.56. The highest BCUT2D eigenvalue weighted by Gasteiger charge is 2.20. The number of aromatic nitrogens is 4. The zero-order valence-electron chi connectivity index (χ0n) is 14.3. The lowest BCUT2D eigenvalue weighted by molar-refractivity contribution is 0.248. The number of aliphatic hydroxyl groups excluding tert-OH is 1. The molecular weight excluding hydrogens is 316 g/mol. The molecule has 7 nitrogen and oxygen atoms in total. The van der Waals surface area contributed by atoms with E-state index in [1.54, 1.807) is 6.20 Å². The molecule has 25 heavy (non-hydrogen) atoms. The van der Waals surface area contributed by atoms with Crippen molar-refractivity contribution >= 4 is 11.5 Å². The van der Waals surface area contributed by atoms with E-state index in [2.05, 4.69) is 37.0 Å². The van der Waals surface area contributed by atoms with E-state index in [4.69, 9.17) is 5.11 Å². The molecule has 1 aliphatic heterocycles. The Balaban J connectivity index is 1.42. The second kappa shape index (κ2) is 6.78. The maximum atomic E-state index is 9.13. The molecule has 0 bridgehead atoms. The van der Waals surface area contributed by atoms with Crippen LogP contribution in [0, 0.1) is 6.92 Å². The zero-order valence-corrected chi connectivity index (χ0v) is 14.3. The first-order valence-electron chi connectivity index (χ1n) is 8.56. The van der Waals surface area contributed by atoms with E-state index >= 15 is 0 Å². The lowest BCUT2D eigenvalue weighted by Gasteiger charge is -2.35. The SMILES string of the molecule is Cc1nc2cncc(N3CCN(Cc4ccc(CO)cc4)CC3)n2n1. The highest BCUT2D eigenvalue weighted by molar-refractivity contribution is 5.47. The Hall–Kier alpha value is -2.51. The van der Waals surface area contributed by atoms with E-state index in [0.29, 0.717) is 0 Å². The van der Waals surface area contributed by atoms with Crippen molar-refractivity contribution in [3.05, 3.63) is 53.6 Å². The van der Waals surface area contributed by atoms with Gasteiger partial charge in [0, 0.05) is 32.7 Å². The summed E-state index contributed by atoms with van der Waals surface area (Å²) in [7, 11) is 0. The third kappa shape index (κ3) is 3.33. The number of aryl methyl sites for hydroxylation is 1. The zero-order chi connectivity index (χ0) is 17.2. The minimum atomic E-state index is 0.0975. The van der Waals surface area contributed by atoms with Crippen molar-refractivity contribution < 1.29 is 5.11 Å². The number of anilines is 1. The van der Waals surface area contributed by atoms with Crippen molar-refractivity contribution in [2.75, 3.05) is 31.1 Å². The number of rotatable bonds is 4. The van der Waals surface area contributed by atoms with Gasteiger partial charge in [0.15, 0.2) is 11.5 Å². The molecule has 3 aromatic rings. The highest BCUT2D eigenvalue weighted by Crippen LogP contribution is 2.17. The molecular formula is C18H22N6O. The fourth-order valence-corrected chi connectivity index (χ4v) is 3.27. The average Bonchev–Trinajstić information content (AvgIpc) is 3.03. The van der Waals surface area contributed by atoms with E-state index in [1.165, 1.54) is 5.56 Å². The molecule has 0 spiro atoms. The van der Waals surface area contributed by atoms with Crippen LogP contribution < -0.4 is 4.90 Å². The van der Waals surface area contributed by atoms with Crippen LogP contribution in [0.3, 0.4) is 0 Å². The molecule has 1 N–H and O–H groups in total. The lowest BCUT2D eigenvalue weighted by Crippen LogP contribution is -2.46. The van der Waals surface area contributed by atoms with Crippen LogP contribution in [0.1, 0.15) is 17.0 Å². The third-order valence-corrected chi connectivity index (χ3v) is 4.64. The summed E-state index contributed by atoms with van der Waals surface area (Å²) >= 11 is 0. The van der Waals surface area contributed by atoms with Gasteiger partial charge in [-0.1, -0.05) is 24.3 Å². The quantitative estimate of drug-likeness (QED) is 0.772. The van der Waals surface area contributed by atoms with E-state index in [-0.39, 0.29) is 6.61 Å². The van der Waals surface area contributed by atoms with Crippen LogP contribution in [-0.4, -0.2) is 55.8 Å². The summed E-state index contributed by atoms with van der Waals surface area (Å²) in [5, 5.41) is 13.6. The smallest absolute Gasteiger partial charge is 0.176 e. The summed E-state index contributed by atoms with van der Waals surface area (Å²) in [5.74, 6) is 1.77. The molecule has 0 radical (unpaired) electrons. The van der Waals surface area contributed by atoms with E-state index in [0.717, 1.165) is 55.6 Å². The molecule has 1 aliphatic rings. The van der Waals surface area contributed by atoms with Crippen LogP contribution in [-0.2, 0) is 13.2 Å². The minimum Gasteiger partial charge on any atom is -0.392 e. The van der Waals surface area contributed by atoms with Crippen LogP contribution in [0.4, 0.5) is 5.82 Å². The largest absolute Gasteiger partial charge is 0.392 e. The molecule has 0 aliphatic carbocycles. The summed E-state index contributed by atoms with van der Waals surface area (Å²) in [5.41, 5.74) is 3.03. The van der Waals surface area contributed by atoms with E-state index in [1.807, 2.05) is 29.8 Å². The monoisotopic (exact) mass is 338 g/mol. The molecule has 130 valence electrons. The maximum absolute atomic E-state index is 9.13. The molecule has 0 atom stereocenters. The Morgan fingerprint density at radius 1 is 1.00 bits per heavy atom. The average molecular weight is 338 g/mol. The standard InChI is InChI=1S/C18H22N6O/c1-14-20-17-10-19-11-18(24(17)21-14)23-8-6-22(7-9-23)12-15-2-4-16(13-25)5-3-15/h2-5,10-11,25H,6-9,12-13H2,1H3. The van der Waals surface area contributed by atoms with Gasteiger partial charge in [-0.2, -0.15) is 4.52 Å². The topological polar surface area (TPSA) is 69.8 Å². The second-order valence-electron chi connectivity index (χ2n) is 6.43. The van der Waals surface area contributed by atoms with Crippen molar-refractivity contribution in [3.8, 4) is 0 Å². The van der Waals surface area contributed by atoms with Gasteiger partial charge in [0.25, 0.3) is 0 Å². The summed E-state index contributed by atoms with van der Waals surface area (Å²) in [4.78, 5) is 13.5. The van der Waals surface area contributed by atoms with Gasteiger partial charge in [-0.25, -0.2) is 4.98 Å². The first kappa shape index (κ1) is 16.0. The molecule has 0 unspecified atom stereocenters. The van der Waals surface area contributed by atoms with Gasteiger partial charge in [0.1, 0.15) is 5.82 Å². The maximum Gasteiger partial charge on any atom is 0.176 e. The van der Waals surface area contributed by atoms with Gasteiger partial charge in [-0.05, 0) is 18.1 Å². The van der Waals surface area contributed by atoms with Crippen molar-refractivity contribution in [1.29, 1.82) is 0 Å². The van der Waals surface area contributed by atoms with Crippen LogP contribution in [0.5, 0.6) is 0 Å². The van der Waals surface area contributed by atoms with Crippen LogP contribution in [0.2, 0.25) is 0 Å². The fourth-order valence-electron chi connectivity index (χ4n) is 3.27. The Morgan fingerprint density at radius 2 is 1.72 bits per heavy atom. The Bertz CT molecular complexity index is 852. The van der Waals surface area contributed by atoms with Crippen LogP contribution in [0.25, 0.3) is 5.65 Å². The van der Waals surface area contributed by atoms with Crippen LogP contribution in [0.15, 0.2) is 36.7 Å². The number of hydrogen-bond donors (Lipinski definition) is 1. The molecule has 7 heteroatoms. The Labute approximate surface area is 146 Å². The van der Waals surface area contributed by atoms with Gasteiger partial charge in [-0.15, -0.1) is 5.10 Å². The number of benzene rings is 1. The molecule has 3 heterocycles. The van der Waals surface area contributed by atoms with Crippen LogP contribution >= 0.6 is 0 Å². The van der Waals surface area contributed by atoms with Gasteiger partial charge < -0.3 is 10.0 Å². The summed E-state index contributed by atoms with van der Waals surface area (Å²) in [6, 6.07) is 8.18.